The molecule has 8 nitrogen and oxygen atoms in total. The number of rotatable bonds is 4. The quantitative estimate of drug-likeness (QED) is 0.365. The third-order valence-corrected chi connectivity index (χ3v) is 6.13. The number of anilines is 2. The first-order valence-corrected chi connectivity index (χ1v) is 9.81. The number of halogens is 4. The van der Waals surface area contributed by atoms with Crippen molar-refractivity contribution in [3.05, 3.63) is 27.8 Å². The molecule has 0 amide bonds. The molecule has 1 saturated heterocycles. The van der Waals surface area contributed by atoms with Gasteiger partial charge in [-0.3, -0.25) is 4.79 Å². The van der Waals surface area contributed by atoms with Crippen molar-refractivity contribution in [2.45, 2.75) is 50.0 Å². The molecule has 0 radical (unpaired) electrons. The minimum atomic E-state index is -2.73. The van der Waals surface area contributed by atoms with Gasteiger partial charge in [-0.2, -0.15) is 0 Å². The topological polar surface area (TPSA) is 118 Å². The molecule has 32 heavy (non-hydrogen) atoms. The van der Waals surface area contributed by atoms with E-state index in [1.165, 1.54) is 4.57 Å². The molecule has 0 spiro atoms. The van der Waals surface area contributed by atoms with Crippen LogP contribution < -0.4 is 20.8 Å². The fourth-order valence-electron chi connectivity index (χ4n) is 4.09. The second-order valence-electron chi connectivity index (χ2n) is 8.27. The number of nitrogen functional groups attached to an aromatic ring is 1. The molecule has 1 aliphatic carbocycles. The summed E-state index contributed by atoms with van der Waals surface area (Å²) in [6.45, 7) is -0.125. The molecule has 2 fully saturated rings. The predicted octanol–water partition coefficient (Wildman–Crippen LogP) is 2.31. The van der Waals surface area contributed by atoms with E-state index in [1.807, 2.05) is 0 Å². The van der Waals surface area contributed by atoms with E-state index in [1.54, 1.807) is 0 Å². The van der Waals surface area contributed by atoms with Crippen molar-refractivity contribution in [3.63, 3.8) is 0 Å². The zero-order valence-corrected chi connectivity index (χ0v) is 17.1. The Labute approximate surface area is 178 Å². The smallest absolute Gasteiger partial charge is 0.341 e. The number of hydrogen-bond donors (Lipinski definition) is 3. The number of aromatic carboxylic acids is 1. The second kappa shape index (κ2) is 7.26. The average molecular weight is 459 g/mol. The monoisotopic (exact) mass is 459 g/mol. The molecular formula is C20H21F4N3O5. The Morgan fingerprint density at radius 3 is 2.47 bits per heavy atom. The van der Waals surface area contributed by atoms with Crippen molar-refractivity contribution in [3.8, 4) is 5.75 Å². The van der Waals surface area contributed by atoms with Crippen molar-refractivity contribution >= 4 is 28.2 Å². The fraction of sp³-hybridized carbons (Fsp3) is 0.500. The first-order valence-electron chi connectivity index (χ1n) is 9.81. The number of pyridine rings is 1. The van der Waals surface area contributed by atoms with E-state index in [0.717, 1.165) is 20.2 Å². The summed E-state index contributed by atoms with van der Waals surface area (Å²) in [4.78, 5) is 24.8. The standard InChI is InChI=1S/C20H21F4N3O5/c1-20(31)9(21)6-27(18(24)17(20)23)14-11(22)12(25)10-13(16(14)32-2)26(7-3-4-7)5-8(15(10)28)19(29)30/h5,7,9,17-18,31H,3-4,6,25H2,1-2H3,(H,29,30). The number of aromatic nitrogens is 1. The average Bonchev–Trinajstić information content (AvgIpc) is 3.57. The number of aliphatic hydroxyl groups is 1. The predicted molar refractivity (Wildman–Crippen MR) is 107 cm³/mol. The van der Waals surface area contributed by atoms with Crippen molar-refractivity contribution in [1.29, 1.82) is 0 Å². The molecule has 4 rings (SSSR count). The number of benzene rings is 1. The molecule has 4 atom stereocenters. The van der Waals surface area contributed by atoms with E-state index in [9.17, 15) is 33.0 Å². The zero-order valence-electron chi connectivity index (χ0n) is 17.1. The number of ether oxygens (including phenoxy) is 1. The van der Waals surface area contributed by atoms with Crippen LogP contribution in [0.15, 0.2) is 11.0 Å². The highest BCUT2D eigenvalue weighted by Gasteiger charge is 2.54. The van der Waals surface area contributed by atoms with E-state index in [4.69, 9.17) is 10.5 Å². The van der Waals surface area contributed by atoms with Crippen molar-refractivity contribution < 1.29 is 37.3 Å². The lowest BCUT2D eigenvalue weighted by atomic mass is 9.88. The van der Waals surface area contributed by atoms with Crippen LogP contribution in [0.2, 0.25) is 0 Å². The molecule has 4 unspecified atom stereocenters. The summed E-state index contributed by atoms with van der Waals surface area (Å²) in [5.41, 5.74) is -0.127. The molecule has 1 aliphatic heterocycles. The van der Waals surface area contributed by atoms with Crippen molar-refractivity contribution in [2.24, 2.45) is 0 Å². The van der Waals surface area contributed by atoms with E-state index in [-0.39, 0.29) is 11.6 Å². The third kappa shape index (κ3) is 2.99. The number of carboxylic acids is 1. The van der Waals surface area contributed by atoms with Crippen LogP contribution in [0.4, 0.5) is 28.9 Å². The maximum atomic E-state index is 15.4. The van der Waals surface area contributed by atoms with E-state index in [2.05, 4.69) is 0 Å². The van der Waals surface area contributed by atoms with Gasteiger partial charge in [0.05, 0.1) is 30.2 Å². The highest BCUT2D eigenvalue weighted by atomic mass is 19.2. The summed E-state index contributed by atoms with van der Waals surface area (Å²) in [6.07, 6.45) is -5.37. The minimum absolute atomic E-state index is 0.103. The normalized spacial score (nSPS) is 28.2. The lowest BCUT2D eigenvalue weighted by molar-refractivity contribution is -0.119. The number of hydrogen-bond acceptors (Lipinski definition) is 6. The van der Waals surface area contributed by atoms with Crippen molar-refractivity contribution in [1.82, 2.24) is 4.57 Å². The van der Waals surface area contributed by atoms with Crippen LogP contribution in [-0.4, -0.2) is 58.6 Å². The van der Waals surface area contributed by atoms with Gasteiger partial charge < -0.3 is 30.2 Å². The summed E-state index contributed by atoms with van der Waals surface area (Å²) >= 11 is 0. The van der Waals surface area contributed by atoms with E-state index >= 15 is 4.39 Å². The summed E-state index contributed by atoms with van der Waals surface area (Å²) in [5.74, 6) is -3.35. The molecule has 1 aromatic carbocycles. The molecule has 174 valence electrons. The van der Waals surface area contributed by atoms with Crippen LogP contribution in [0.3, 0.4) is 0 Å². The number of fused-ring (bicyclic) bond motifs is 1. The van der Waals surface area contributed by atoms with Gasteiger partial charge in [0, 0.05) is 12.2 Å². The molecule has 2 aliphatic rings. The summed E-state index contributed by atoms with van der Waals surface area (Å²) in [7, 11) is 1.09. The molecule has 1 aromatic heterocycles. The molecule has 0 bridgehead atoms. The minimum Gasteiger partial charge on any atom is -0.492 e. The lowest BCUT2D eigenvalue weighted by Gasteiger charge is -2.44. The van der Waals surface area contributed by atoms with Gasteiger partial charge in [-0.25, -0.2) is 22.4 Å². The first-order chi connectivity index (χ1) is 14.9. The Hall–Kier alpha value is -3.02. The Balaban J connectivity index is 2.07. The van der Waals surface area contributed by atoms with Gasteiger partial charge in [0.1, 0.15) is 23.0 Å². The summed E-state index contributed by atoms with van der Waals surface area (Å²) < 4.78 is 66.1. The Bertz CT molecular complexity index is 1180. The van der Waals surface area contributed by atoms with Crippen LogP contribution in [0.25, 0.3) is 10.9 Å². The van der Waals surface area contributed by atoms with Gasteiger partial charge >= 0.3 is 5.97 Å². The second-order valence-corrected chi connectivity index (χ2v) is 8.27. The number of alkyl halides is 3. The highest BCUT2D eigenvalue weighted by molar-refractivity contribution is 6.03. The number of methoxy groups -OCH3 is 1. The number of piperidine rings is 1. The molecule has 12 heteroatoms. The lowest BCUT2D eigenvalue weighted by Crippen LogP contribution is -2.63. The maximum Gasteiger partial charge on any atom is 0.341 e. The van der Waals surface area contributed by atoms with Crippen LogP contribution in [0, 0.1) is 5.82 Å². The maximum absolute atomic E-state index is 15.4. The van der Waals surface area contributed by atoms with E-state index in [0.29, 0.717) is 17.7 Å². The summed E-state index contributed by atoms with van der Waals surface area (Å²) in [5, 5.41) is 18.9. The van der Waals surface area contributed by atoms with Crippen LogP contribution in [0.5, 0.6) is 5.75 Å². The third-order valence-electron chi connectivity index (χ3n) is 6.13. The molecule has 2 heterocycles. The van der Waals surface area contributed by atoms with Gasteiger partial charge in [0.25, 0.3) is 0 Å². The van der Waals surface area contributed by atoms with Gasteiger partial charge in [-0.05, 0) is 19.8 Å². The van der Waals surface area contributed by atoms with Gasteiger partial charge in [0.15, 0.2) is 17.7 Å². The highest BCUT2D eigenvalue weighted by Crippen LogP contribution is 2.48. The Morgan fingerprint density at radius 2 is 1.94 bits per heavy atom. The first kappa shape index (κ1) is 22.2. The van der Waals surface area contributed by atoms with Crippen LogP contribution in [0.1, 0.15) is 36.2 Å². The molecule has 1 saturated carbocycles. The SMILES string of the molecule is COc1c(N2CC(F)C(C)(O)C(F)C2F)c(F)c(N)c2c(=O)c(C(=O)O)cn(C3CC3)c12. The molecule has 4 N–H and O–H groups in total. The fourth-order valence-corrected chi connectivity index (χ4v) is 4.09. The van der Waals surface area contributed by atoms with Crippen molar-refractivity contribution in [2.75, 3.05) is 24.3 Å². The largest absolute Gasteiger partial charge is 0.492 e. The Morgan fingerprint density at radius 1 is 1.31 bits per heavy atom. The molecular weight excluding hydrogens is 438 g/mol. The van der Waals surface area contributed by atoms with Gasteiger partial charge in [-0.1, -0.05) is 0 Å². The number of nitrogens with two attached hydrogens (primary N) is 1. The van der Waals surface area contributed by atoms with Crippen LogP contribution in [-0.2, 0) is 0 Å². The number of carbonyl (C=O) groups is 1. The zero-order chi connectivity index (χ0) is 23.7. The Kier molecular flexibility index (Phi) is 5.03. The number of carboxylic acid groups (broad SMARTS) is 1. The van der Waals surface area contributed by atoms with Gasteiger partial charge in [0.2, 0.25) is 11.7 Å². The van der Waals surface area contributed by atoms with Gasteiger partial charge in [-0.15, -0.1) is 0 Å². The summed E-state index contributed by atoms with van der Waals surface area (Å²) in [6, 6.07) is -0.256. The molecule has 2 aromatic rings. The van der Waals surface area contributed by atoms with Crippen LogP contribution >= 0.6 is 0 Å². The number of nitrogens with zero attached hydrogens (tertiary/aromatic N) is 2. The van der Waals surface area contributed by atoms with E-state index < -0.39 is 76.1 Å².